The molecule has 23 heavy (non-hydrogen) atoms. The molecule has 0 amide bonds. The number of Topliss-reactive ketones (excluding diaryl/α,β-unsaturated/α-hetero) is 1. The fraction of sp³-hybridized carbons (Fsp3) is 0.176. The van der Waals surface area contributed by atoms with Gasteiger partial charge in [0.25, 0.3) is 4.84 Å². The average Bonchev–Trinajstić information content (AvgIpc) is 2.97. The van der Waals surface area contributed by atoms with Crippen molar-refractivity contribution in [1.82, 2.24) is 14.8 Å². The van der Waals surface area contributed by atoms with E-state index in [1.165, 1.54) is 4.68 Å². The van der Waals surface area contributed by atoms with E-state index in [0.29, 0.717) is 11.5 Å². The zero-order valence-corrected chi connectivity index (χ0v) is 13.6. The number of carbonyl (C=O) groups is 1. The Kier molecular flexibility index (Phi) is 4.16. The van der Waals surface area contributed by atoms with Crippen LogP contribution in [0.1, 0.15) is 28.9 Å². The first-order chi connectivity index (χ1) is 11.1. The van der Waals surface area contributed by atoms with Gasteiger partial charge in [-0.25, -0.2) is 4.68 Å². The Morgan fingerprint density at radius 1 is 1.17 bits per heavy atom. The highest BCUT2D eigenvalue weighted by Crippen LogP contribution is 2.21. The predicted octanol–water partition coefficient (Wildman–Crippen LogP) is 4.02. The van der Waals surface area contributed by atoms with E-state index in [0.717, 1.165) is 11.1 Å². The van der Waals surface area contributed by atoms with Crippen molar-refractivity contribution < 1.29 is 9.21 Å². The van der Waals surface area contributed by atoms with Gasteiger partial charge in [-0.2, -0.15) is 0 Å². The quantitative estimate of drug-likeness (QED) is 0.535. The smallest absolute Gasteiger partial charge is 0.287 e. The van der Waals surface area contributed by atoms with Crippen molar-refractivity contribution in [1.29, 1.82) is 0 Å². The molecular weight excluding hydrogens is 310 g/mol. The van der Waals surface area contributed by atoms with Gasteiger partial charge >= 0.3 is 0 Å². The molecule has 3 aromatic rings. The summed E-state index contributed by atoms with van der Waals surface area (Å²) in [5.41, 5.74) is 2.49. The number of carbonyl (C=O) groups excluding carboxylic acids is 1. The zero-order valence-electron chi connectivity index (χ0n) is 12.8. The molecule has 2 aromatic heterocycles. The van der Waals surface area contributed by atoms with Crippen LogP contribution in [0.2, 0.25) is 0 Å². The molecule has 0 aliphatic heterocycles. The lowest BCUT2D eigenvalue weighted by molar-refractivity contribution is 0.0925. The van der Waals surface area contributed by atoms with E-state index in [9.17, 15) is 4.79 Å². The molecule has 0 bridgehead atoms. The number of hydrogen-bond acceptors (Lipinski definition) is 5. The summed E-state index contributed by atoms with van der Waals surface area (Å²) in [7, 11) is 0. The molecule has 1 aromatic carbocycles. The second-order valence-corrected chi connectivity index (χ2v) is 5.61. The Bertz CT molecular complexity index is 882. The van der Waals surface area contributed by atoms with Gasteiger partial charge in [0, 0.05) is 23.5 Å². The normalized spacial score (nSPS) is 12.1. The lowest BCUT2D eigenvalue weighted by Gasteiger charge is -2.09. The van der Waals surface area contributed by atoms with Crippen molar-refractivity contribution in [2.45, 2.75) is 19.9 Å². The lowest BCUT2D eigenvalue weighted by atomic mass is 10.0. The number of nitrogens with zero attached hydrogens (tertiary/aromatic N) is 3. The fourth-order valence-electron chi connectivity index (χ4n) is 2.21. The summed E-state index contributed by atoms with van der Waals surface area (Å²) < 4.78 is 6.95. The van der Waals surface area contributed by atoms with E-state index in [4.69, 9.17) is 16.6 Å². The Hall–Kier alpha value is -2.60. The summed E-state index contributed by atoms with van der Waals surface area (Å²) in [6, 6.07) is 10.4. The SMILES string of the molecule is Cc1ccc(C(=O)[C@@H](C)n2nc(-c3ccncc3)oc2=S)cc1. The summed E-state index contributed by atoms with van der Waals surface area (Å²) >= 11 is 5.21. The van der Waals surface area contributed by atoms with E-state index in [-0.39, 0.29) is 10.6 Å². The Morgan fingerprint density at radius 3 is 2.48 bits per heavy atom. The van der Waals surface area contributed by atoms with Gasteiger partial charge in [0.1, 0.15) is 6.04 Å². The number of aromatic nitrogens is 3. The van der Waals surface area contributed by atoms with Crippen LogP contribution in [0.3, 0.4) is 0 Å². The molecule has 0 N–H and O–H groups in total. The topological polar surface area (TPSA) is 60.9 Å². The summed E-state index contributed by atoms with van der Waals surface area (Å²) in [5.74, 6) is 0.316. The van der Waals surface area contributed by atoms with E-state index < -0.39 is 6.04 Å². The van der Waals surface area contributed by atoms with Crippen molar-refractivity contribution in [2.75, 3.05) is 0 Å². The molecule has 0 radical (unpaired) electrons. The number of ketones is 1. The molecule has 0 saturated heterocycles. The third-order valence-corrected chi connectivity index (χ3v) is 3.85. The predicted molar refractivity (Wildman–Crippen MR) is 88.8 cm³/mol. The van der Waals surface area contributed by atoms with E-state index in [1.54, 1.807) is 31.5 Å². The molecule has 116 valence electrons. The molecule has 6 heteroatoms. The number of aryl methyl sites for hydroxylation is 1. The number of pyridine rings is 1. The maximum Gasteiger partial charge on any atom is 0.287 e. The Labute approximate surface area is 138 Å². The van der Waals surface area contributed by atoms with E-state index >= 15 is 0 Å². The van der Waals surface area contributed by atoms with Crippen LogP contribution < -0.4 is 0 Å². The first-order valence-corrected chi connectivity index (χ1v) is 7.58. The average molecular weight is 325 g/mol. The van der Waals surface area contributed by atoms with Crippen LogP contribution in [-0.4, -0.2) is 20.5 Å². The summed E-state index contributed by atoms with van der Waals surface area (Å²) in [5, 5.41) is 4.34. The molecule has 0 saturated carbocycles. The van der Waals surface area contributed by atoms with Crippen LogP contribution in [0.25, 0.3) is 11.5 Å². The zero-order chi connectivity index (χ0) is 16.4. The maximum atomic E-state index is 12.6. The van der Waals surface area contributed by atoms with Gasteiger partial charge in [-0.1, -0.05) is 29.8 Å². The third kappa shape index (κ3) is 3.12. The monoisotopic (exact) mass is 325 g/mol. The first kappa shape index (κ1) is 15.3. The van der Waals surface area contributed by atoms with Crippen LogP contribution in [0, 0.1) is 11.8 Å². The summed E-state index contributed by atoms with van der Waals surface area (Å²) in [6.07, 6.45) is 3.29. The van der Waals surface area contributed by atoms with Crippen molar-refractivity contribution in [3.63, 3.8) is 0 Å². The number of hydrogen-bond donors (Lipinski definition) is 0. The highest BCUT2D eigenvalue weighted by molar-refractivity contribution is 7.71. The molecule has 1 atom stereocenters. The van der Waals surface area contributed by atoms with Crippen molar-refractivity contribution in [3.05, 3.63) is 64.8 Å². The number of benzene rings is 1. The highest BCUT2D eigenvalue weighted by Gasteiger charge is 2.21. The molecule has 2 heterocycles. The Morgan fingerprint density at radius 2 is 1.83 bits per heavy atom. The fourth-order valence-corrected chi connectivity index (χ4v) is 2.49. The van der Waals surface area contributed by atoms with Gasteiger partial charge in [-0.05, 0) is 38.2 Å². The van der Waals surface area contributed by atoms with E-state index in [2.05, 4.69) is 10.1 Å². The number of rotatable bonds is 4. The van der Waals surface area contributed by atoms with Crippen molar-refractivity contribution in [3.8, 4) is 11.5 Å². The minimum absolute atomic E-state index is 0.0596. The molecule has 0 unspecified atom stereocenters. The molecule has 0 aliphatic carbocycles. The van der Waals surface area contributed by atoms with E-state index in [1.807, 2.05) is 31.2 Å². The van der Waals surface area contributed by atoms with Gasteiger partial charge in [0.15, 0.2) is 5.78 Å². The largest absolute Gasteiger partial charge is 0.409 e. The molecule has 0 spiro atoms. The van der Waals surface area contributed by atoms with Crippen LogP contribution in [0.5, 0.6) is 0 Å². The third-order valence-electron chi connectivity index (χ3n) is 3.58. The second kappa shape index (κ2) is 6.26. The van der Waals surface area contributed by atoms with Crippen LogP contribution >= 0.6 is 12.2 Å². The second-order valence-electron chi connectivity index (χ2n) is 5.26. The summed E-state index contributed by atoms with van der Waals surface area (Å²) in [6.45, 7) is 3.74. The van der Waals surface area contributed by atoms with Crippen molar-refractivity contribution >= 4 is 18.0 Å². The lowest BCUT2D eigenvalue weighted by Crippen LogP contribution is -2.18. The summed E-state index contributed by atoms with van der Waals surface area (Å²) in [4.78, 5) is 16.7. The minimum Gasteiger partial charge on any atom is -0.409 e. The van der Waals surface area contributed by atoms with Gasteiger partial charge in [-0.15, -0.1) is 5.10 Å². The first-order valence-electron chi connectivity index (χ1n) is 7.17. The van der Waals surface area contributed by atoms with Gasteiger partial charge in [0.2, 0.25) is 5.89 Å². The Balaban J connectivity index is 1.92. The molecule has 5 nitrogen and oxygen atoms in total. The van der Waals surface area contributed by atoms with Gasteiger partial charge < -0.3 is 4.42 Å². The van der Waals surface area contributed by atoms with Gasteiger partial charge in [0.05, 0.1) is 0 Å². The standard InChI is InChI=1S/C17H15N3O2S/c1-11-3-5-13(6-4-11)15(21)12(2)20-17(23)22-16(19-20)14-7-9-18-10-8-14/h3-10,12H,1-2H3/t12-/m1/s1. The van der Waals surface area contributed by atoms with Crippen LogP contribution in [0.4, 0.5) is 0 Å². The van der Waals surface area contributed by atoms with Gasteiger partial charge in [-0.3, -0.25) is 9.78 Å². The van der Waals surface area contributed by atoms with Crippen LogP contribution in [0.15, 0.2) is 53.2 Å². The van der Waals surface area contributed by atoms with Crippen molar-refractivity contribution in [2.24, 2.45) is 0 Å². The molecule has 3 rings (SSSR count). The maximum absolute atomic E-state index is 12.6. The molecular formula is C17H15N3O2S. The highest BCUT2D eigenvalue weighted by atomic mass is 32.1. The minimum atomic E-state index is -0.537. The van der Waals surface area contributed by atoms with Crippen LogP contribution in [-0.2, 0) is 0 Å². The molecule has 0 fully saturated rings. The molecule has 0 aliphatic rings.